The highest BCUT2D eigenvalue weighted by molar-refractivity contribution is 6.05. The summed E-state index contributed by atoms with van der Waals surface area (Å²) in [5, 5.41) is 2.73. The molecule has 2 rings (SSSR count). The maximum atomic E-state index is 12.0. The molecule has 0 radical (unpaired) electrons. The monoisotopic (exact) mass is 274 g/mol. The first-order valence-electron chi connectivity index (χ1n) is 6.67. The zero-order chi connectivity index (χ0) is 14.7. The van der Waals surface area contributed by atoms with Gasteiger partial charge < -0.3 is 10.2 Å². The molecule has 1 aromatic carbocycles. The van der Waals surface area contributed by atoms with E-state index in [1.807, 2.05) is 13.0 Å². The normalized spacial score (nSPS) is 14.5. The van der Waals surface area contributed by atoms with Gasteiger partial charge in [0.05, 0.1) is 12.2 Å². The van der Waals surface area contributed by atoms with Crippen molar-refractivity contribution in [2.75, 3.05) is 18.4 Å². The van der Waals surface area contributed by atoms with Gasteiger partial charge in [0.25, 0.3) is 0 Å². The van der Waals surface area contributed by atoms with E-state index in [0.29, 0.717) is 24.2 Å². The van der Waals surface area contributed by atoms with Crippen LogP contribution in [0.25, 0.3) is 0 Å². The van der Waals surface area contributed by atoms with Crippen molar-refractivity contribution in [1.29, 1.82) is 0 Å². The zero-order valence-electron chi connectivity index (χ0n) is 11.7. The number of Topliss-reactive ketones (excluding diaryl/α,β-unsaturated/α-hetero) is 1. The van der Waals surface area contributed by atoms with Gasteiger partial charge in [0.15, 0.2) is 5.78 Å². The first-order valence-corrected chi connectivity index (χ1v) is 6.67. The molecule has 5 nitrogen and oxygen atoms in total. The lowest BCUT2D eigenvalue weighted by Crippen LogP contribution is -2.34. The van der Waals surface area contributed by atoms with Gasteiger partial charge in [-0.05, 0) is 31.9 Å². The molecular weight excluding hydrogens is 256 g/mol. The second-order valence-electron chi connectivity index (χ2n) is 5.02. The predicted octanol–water partition coefficient (Wildman–Crippen LogP) is 1.76. The van der Waals surface area contributed by atoms with Crippen LogP contribution in [-0.2, 0) is 9.59 Å². The van der Waals surface area contributed by atoms with Crippen molar-refractivity contribution in [2.45, 2.75) is 26.7 Å². The highest BCUT2D eigenvalue weighted by Gasteiger charge is 2.23. The SMILES string of the molecule is CC(=O)c1c(C)cccc1NC(=O)CN1CCCC1=O. The number of nitrogens with one attached hydrogen (secondary N) is 1. The van der Waals surface area contributed by atoms with Gasteiger partial charge in [-0.15, -0.1) is 0 Å². The van der Waals surface area contributed by atoms with E-state index in [1.54, 1.807) is 17.0 Å². The molecule has 2 amide bonds. The number of amides is 2. The maximum Gasteiger partial charge on any atom is 0.244 e. The zero-order valence-corrected chi connectivity index (χ0v) is 11.7. The second kappa shape index (κ2) is 5.86. The Hall–Kier alpha value is -2.17. The number of benzene rings is 1. The lowest BCUT2D eigenvalue weighted by Gasteiger charge is -2.16. The average molecular weight is 274 g/mol. The van der Waals surface area contributed by atoms with E-state index < -0.39 is 0 Å². The third-order valence-electron chi connectivity index (χ3n) is 3.40. The van der Waals surface area contributed by atoms with Gasteiger partial charge in [-0.25, -0.2) is 0 Å². The lowest BCUT2D eigenvalue weighted by atomic mass is 10.0. The molecule has 0 atom stereocenters. The summed E-state index contributed by atoms with van der Waals surface area (Å²) < 4.78 is 0. The minimum Gasteiger partial charge on any atom is -0.333 e. The summed E-state index contributed by atoms with van der Waals surface area (Å²) in [5.41, 5.74) is 1.86. The third-order valence-corrected chi connectivity index (χ3v) is 3.40. The molecule has 1 aliphatic rings. The van der Waals surface area contributed by atoms with Crippen LogP contribution in [0.4, 0.5) is 5.69 Å². The van der Waals surface area contributed by atoms with Crippen LogP contribution in [0.15, 0.2) is 18.2 Å². The molecule has 0 unspecified atom stereocenters. The van der Waals surface area contributed by atoms with Crippen LogP contribution in [0.1, 0.15) is 35.7 Å². The van der Waals surface area contributed by atoms with Crippen molar-refractivity contribution in [2.24, 2.45) is 0 Å². The molecule has 1 fully saturated rings. The molecule has 0 saturated carbocycles. The lowest BCUT2D eigenvalue weighted by molar-refractivity contribution is -0.131. The van der Waals surface area contributed by atoms with Crippen LogP contribution in [-0.4, -0.2) is 35.6 Å². The maximum absolute atomic E-state index is 12.0. The van der Waals surface area contributed by atoms with Gasteiger partial charge in [-0.1, -0.05) is 12.1 Å². The Bertz CT molecular complexity index is 566. The van der Waals surface area contributed by atoms with E-state index in [-0.39, 0.29) is 24.1 Å². The van der Waals surface area contributed by atoms with E-state index in [9.17, 15) is 14.4 Å². The summed E-state index contributed by atoms with van der Waals surface area (Å²) in [7, 11) is 0. The number of nitrogens with zero attached hydrogens (tertiary/aromatic N) is 1. The Balaban J connectivity index is 2.10. The van der Waals surface area contributed by atoms with Gasteiger partial charge in [-0.3, -0.25) is 14.4 Å². The summed E-state index contributed by atoms with van der Waals surface area (Å²) in [6.07, 6.45) is 1.31. The number of aryl methyl sites for hydroxylation is 1. The molecule has 1 N–H and O–H groups in total. The Morgan fingerprint density at radius 1 is 1.35 bits per heavy atom. The number of carbonyl (C=O) groups excluding carboxylic acids is 3. The fourth-order valence-electron chi connectivity index (χ4n) is 2.47. The van der Waals surface area contributed by atoms with Crippen molar-refractivity contribution in [1.82, 2.24) is 4.90 Å². The summed E-state index contributed by atoms with van der Waals surface area (Å²) in [5.74, 6) is -0.347. The van der Waals surface area contributed by atoms with Crippen molar-refractivity contribution < 1.29 is 14.4 Å². The number of carbonyl (C=O) groups is 3. The minimum absolute atomic E-state index is 0.0104. The van der Waals surface area contributed by atoms with Crippen LogP contribution in [0.5, 0.6) is 0 Å². The molecule has 1 saturated heterocycles. The fourth-order valence-corrected chi connectivity index (χ4v) is 2.47. The van der Waals surface area contributed by atoms with Crippen molar-refractivity contribution in [3.8, 4) is 0 Å². The molecule has 0 aromatic heterocycles. The van der Waals surface area contributed by atoms with Crippen molar-refractivity contribution >= 4 is 23.3 Å². The highest BCUT2D eigenvalue weighted by atomic mass is 16.2. The van der Waals surface area contributed by atoms with E-state index in [4.69, 9.17) is 0 Å². The largest absolute Gasteiger partial charge is 0.333 e. The van der Waals surface area contributed by atoms with Crippen molar-refractivity contribution in [3.05, 3.63) is 29.3 Å². The highest BCUT2D eigenvalue weighted by Crippen LogP contribution is 2.20. The molecule has 1 aliphatic heterocycles. The summed E-state index contributed by atoms with van der Waals surface area (Å²) in [6.45, 7) is 3.97. The molecule has 106 valence electrons. The molecule has 1 heterocycles. The van der Waals surface area contributed by atoms with Crippen LogP contribution in [0, 0.1) is 6.92 Å². The van der Waals surface area contributed by atoms with Gasteiger partial charge in [0.1, 0.15) is 0 Å². The van der Waals surface area contributed by atoms with Crippen LogP contribution >= 0.6 is 0 Å². The molecule has 0 bridgehead atoms. The van der Waals surface area contributed by atoms with Gasteiger partial charge in [-0.2, -0.15) is 0 Å². The Morgan fingerprint density at radius 2 is 2.10 bits per heavy atom. The Kier molecular flexibility index (Phi) is 4.17. The minimum atomic E-state index is -0.270. The second-order valence-corrected chi connectivity index (χ2v) is 5.02. The first kappa shape index (κ1) is 14.2. The summed E-state index contributed by atoms with van der Waals surface area (Å²) in [4.78, 5) is 36.7. The Morgan fingerprint density at radius 3 is 2.70 bits per heavy atom. The fraction of sp³-hybridized carbons (Fsp3) is 0.400. The Labute approximate surface area is 118 Å². The number of hydrogen-bond donors (Lipinski definition) is 1. The van der Waals surface area contributed by atoms with Crippen LogP contribution in [0.3, 0.4) is 0 Å². The van der Waals surface area contributed by atoms with Gasteiger partial charge >= 0.3 is 0 Å². The molecular formula is C15H18N2O3. The predicted molar refractivity (Wildman–Crippen MR) is 75.6 cm³/mol. The van der Waals surface area contributed by atoms with Crippen molar-refractivity contribution in [3.63, 3.8) is 0 Å². The number of ketones is 1. The summed E-state index contributed by atoms with van der Waals surface area (Å²) in [6, 6.07) is 5.32. The summed E-state index contributed by atoms with van der Waals surface area (Å²) >= 11 is 0. The number of hydrogen-bond acceptors (Lipinski definition) is 3. The molecule has 5 heteroatoms. The van der Waals surface area contributed by atoms with Gasteiger partial charge in [0.2, 0.25) is 11.8 Å². The van der Waals surface area contributed by atoms with E-state index >= 15 is 0 Å². The van der Waals surface area contributed by atoms with E-state index in [2.05, 4.69) is 5.32 Å². The standard InChI is InChI=1S/C15H18N2O3/c1-10-5-3-6-12(15(10)11(2)18)16-13(19)9-17-8-4-7-14(17)20/h3,5-6H,4,7-9H2,1-2H3,(H,16,19). The smallest absolute Gasteiger partial charge is 0.244 e. The van der Waals surface area contributed by atoms with E-state index in [0.717, 1.165) is 12.0 Å². The number of anilines is 1. The third kappa shape index (κ3) is 3.04. The molecule has 1 aromatic rings. The first-order chi connectivity index (χ1) is 9.49. The van der Waals surface area contributed by atoms with E-state index in [1.165, 1.54) is 6.92 Å². The average Bonchev–Trinajstić information content (AvgIpc) is 2.74. The molecule has 20 heavy (non-hydrogen) atoms. The van der Waals surface area contributed by atoms with Crippen LogP contribution < -0.4 is 5.32 Å². The quantitative estimate of drug-likeness (QED) is 0.851. The number of rotatable bonds is 4. The van der Waals surface area contributed by atoms with Crippen LogP contribution in [0.2, 0.25) is 0 Å². The molecule has 0 spiro atoms. The number of likely N-dealkylation sites (tertiary alicyclic amines) is 1. The van der Waals surface area contributed by atoms with Gasteiger partial charge in [0, 0.05) is 18.5 Å². The topological polar surface area (TPSA) is 66.5 Å². The molecule has 0 aliphatic carbocycles.